The topological polar surface area (TPSA) is 54.5 Å². The van der Waals surface area contributed by atoms with Gasteiger partial charge in [-0.25, -0.2) is 4.98 Å². The molecule has 2 aromatic carbocycles. The lowest BCUT2D eigenvalue weighted by Crippen LogP contribution is -2.23. The van der Waals surface area contributed by atoms with E-state index in [2.05, 4.69) is 39.9 Å². The van der Waals surface area contributed by atoms with Gasteiger partial charge in [0.25, 0.3) is 0 Å². The zero-order valence-corrected chi connectivity index (χ0v) is 19.0. The summed E-state index contributed by atoms with van der Waals surface area (Å²) in [5.41, 5.74) is 4.37. The van der Waals surface area contributed by atoms with E-state index in [0.717, 1.165) is 41.6 Å². The summed E-state index contributed by atoms with van der Waals surface area (Å²) in [6, 6.07) is 16.7. The largest absolute Gasteiger partial charge is 0.494 e. The highest BCUT2D eigenvalue weighted by molar-refractivity contribution is 7.09. The van der Waals surface area contributed by atoms with E-state index in [4.69, 9.17) is 9.72 Å². The molecule has 0 bridgehead atoms. The Morgan fingerprint density at radius 1 is 1.19 bits per heavy atom. The summed E-state index contributed by atoms with van der Waals surface area (Å²) < 4.78 is 5.57. The van der Waals surface area contributed by atoms with Crippen molar-refractivity contribution in [3.05, 3.63) is 75.7 Å². The van der Waals surface area contributed by atoms with Crippen molar-refractivity contribution in [2.45, 2.75) is 45.7 Å². The van der Waals surface area contributed by atoms with Gasteiger partial charge in [0.05, 0.1) is 18.7 Å². The molecule has 0 saturated carbocycles. The third kappa shape index (κ3) is 5.71. The summed E-state index contributed by atoms with van der Waals surface area (Å²) in [5.74, 6) is 0.891. The SMILES string of the molecule is CCOc1ccc(C2CCCN2Cc2csc(CC(=O)Nc3ccc(C)cc3)n2)cc1. The lowest BCUT2D eigenvalue weighted by Gasteiger charge is -2.24. The molecule has 1 saturated heterocycles. The van der Waals surface area contributed by atoms with Crippen LogP contribution in [0.5, 0.6) is 5.75 Å². The second-order valence-corrected chi connectivity index (χ2v) is 8.90. The van der Waals surface area contributed by atoms with E-state index < -0.39 is 0 Å². The number of aryl methyl sites for hydroxylation is 1. The van der Waals surface area contributed by atoms with Crippen LogP contribution in [0.1, 0.15) is 47.6 Å². The van der Waals surface area contributed by atoms with Gasteiger partial charge in [-0.1, -0.05) is 29.8 Å². The maximum atomic E-state index is 12.4. The summed E-state index contributed by atoms with van der Waals surface area (Å²) in [4.78, 5) is 19.6. The van der Waals surface area contributed by atoms with Gasteiger partial charge in [-0.05, 0) is 63.1 Å². The van der Waals surface area contributed by atoms with Gasteiger partial charge < -0.3 is 10.1 Å². The normalized spacial score (nSPS) is 16.4. The Morgan fingerprint density at radius 3 is 2.71 bits per heavy atom. The molecule has 1 atom stereocenters. The Kier molecular flexibility index (Phi) is 6.99. The van der Waals surface area contributed by atoms with E-state index in [-0.39, 0.29) is 5.91 Å². The van der Waals surface area contributed by atoms with Crippen LogP contribution in [0.3, 0.4) is 0 Å². The molecule has 1 aliphatic heterocycles. The smallest absolute Gasteiger partial charge is 0.231 e. The summed E-state index contributed by atoms with van der Waals surface area (Å²) in [6.45, 7) is 6.60. The highest BCUT2D eigenvalue weighted by Gasteiger charge is 2.26. The van der Waals surface area contributed by atoms with Crippen LogP contribution in [0.15, 0.2) is 53.9 Å². The molecule has 2 heterocycles. The van der Waals surface area contributed by atoms with E-state index in [1.165, 1.54) is 17.5 Å². The number of likely N-dealkylation sites (tertiary alicyclic amines) is 1. The van der Waals surface area contributed by atoms with Crippen molar-refractivity contribution < 1.29 is 9.53 Å². The fourth-order valence-electron chi connectivity index (χ4n) is 4.04. The molecule has 4 rings (SSSR count). The summed E-state index contributed by atoms with van der Waals surface area (Å²) in [7, 11) is 0. The minimum absolute atomic E-state index is 0.0295. The Labute approximate surface area is 188 Å². The molecule has 0 radical (unpaired) electrons. The fourth-order valence-corrected chi connectivity index (χ4v) is 4.82. The minimum Gasteiger partial charge on any atom is -0.494 e. The molecule has 1 fully saturated rings. The number of ether oxygens (including phenoxy) is 1. The molecule has 6 heteroatoms. The van der Waals surface area contributed by atoms with Crippen LogP contribution in [0.25, 0.3) is 0 Å². The van der Waals surface area contributed by atoms with Crippen molar-refractivity contribution in [1.29, 1.82) is 0 Å². The molecule has 1 aromatic heterocycles. The van der Waals surface area contributed by atoms with Crippen molar-refractivity contribution in [3.8, 4) is 5.75 Å². The van der Waals surface area contributed by atoms with E-state index in [9.17, 15) is 4.79 Å². The Hall–Kier alpha value is -2.70. The lowest BCUT2D eigenvalue weighted by atomic mass is 10.0. The molecular formula is C25H29N3O2S. The highest BCUT2D eigenvalue weighted by atomic mass is 32.1. The molecule has 162 valence electrons. The number of hydrogen-bond donors (Lipinski definition) is 1. The van der Waals surface area contributed by atoms with Gasteiger partial charge in [-0.2, -0.15) is 0 Å². The van der Waals surface area contributed by atoms with Gasteiger partial charge in [0.2, 0.25) is 5.91 Å². The predicted molar refractivity (Wildman–Crippen MR) is 126 cm³/mol. The molecule has 1 N–H and O–H groups in total. The fraction of sp³-hybridized carbons (Fsp3) is 0.360. The molecule has 5 nitrogen and oxygen atoms in total. The number of carbonyl (C=O) groups excluding carboxylic acids is 1. The van der Waals surface area contributed by atoms with Crippen molar-refractivity contribution in [2.24, 2.45) is 0 Å². The first-order valence-electron chi connectivity index (χ1n) is 10.9. The maximum Gasteiger partial charge on any atom is 0.231 e. The van der Waals surface area contributed by atoms with Crippen LogP contribution in [0.4, 0.5) is 5.69 Å². The van der Waals surface area contributed by atoms with Crippen LogP contribution < -0.4 is 10.1 Å². The van der Waals surface area contributed by atoms with Crippen LogP contribution in [0.2, 0.25) is 0 Å². The van der Waals surface area contributed by atoms with E-state index >= 15 is 0 Å². The average molecular weight is 436 g/mol. The second-order valence-electron chi connectivity index (χ2n) is 7.95. The van der Waals surface area contributed by atoms with E-state index in [0.29, 0.717) is 19.1 Å². The molecule has 0 spiro atoms. The molecule has 3 aromatic rings. The van der Waals surface area contributed by atoms with Crippen molar-refractivity contribution in [2.75, 3.05) is 18.5 Å². The number of hydrogen-bond acceptors (Lipinski definition) is 5. The quantitative estimate of drug-likeness (QED) is 0.517. The van der Waals surface area contributed by atoms with Crippen LogP contribution in [0, 0.1) is 6.92 Å². The zero-order valence-electron chi connectivity index (χ0n) is 18.1. The maximum absolute atomic E-state index is 12.4. The first-order chi connectivity index (χ1) is 15.1. The molecule has 1 amide bonds. The van der Waals surface area contributed by atoms with Gasteiger partial charge in [-0.3, -0.25) is 9.69 Å². The van der Waals surface area contributed by atoms with Gasteiger partial charge in [0.1, 0.15) is 10.8 Å². The zero-order chi connectivity index (χ0) is 21.6. The number of amides is 1. The van der Waals surface area contributed by atoms with Gasteiger partial charge in [0, 0.05) is 23.7 Å². The number of aromatic nitrogens is 1. The van der Waals surface area contributed by atoms with Crippen LogP contribution in [-0.2, 0) is 17.8 Å². The summed E-state index contributed by atoms with van der Waals surface area (Å²) in [5, 5.41) is 5.89. The second kappa shape index (κ2) is 10.1. The number of anilines is 1. The van der Waals surface area contributed by atoms with Crippen LogP contribution in [-0.4, -0.2) is 28.9 Å². The Balaban J connectivity index is 1.34. The standard InChI is InChI=1S/C25H29N3O2S/c1-3-30-22-12-8-19(9-13-22)23-5-4-14-28(23)16-21-17-31-25(27-21)15-24(29)26-20-10-6-18(2)7-11-20/h6-13,17,23H,3-5,14-16H2,1-2H3,(H,26,29). The van der Waals surface area contributed by atoms with E-state index in [1.807, 2.05) is 38.1 Å². The van der Waals surface area contributed by atoms with Gasteiger partial charge >= 0.3 is 0 Å². The van der Waals surface area contributed by atoms with Gasteiger partial charge in [0.15, 0.2) is 0 Å². The number of carbonyl (C=O) groups is 1. The number of thiazole rings is 1. The molecule has 1 unspecified atom stereocenters. The summed E-state index contributed by atoms with van der Waals surface area (Å²) >= 11 is 1.56. The summed E-state index contributed by atoms with van der Waals surface area (Å²) in [6.07, 6.45) is 2.65. The van der Waals surface area contributed by atoms with Crippen molar-refractivity contribution in [1.82, 2.24) is 9.88 Å². The number of nitrogens with one attached hydrogen (secondary N) is 1. The van der Waals surface area contributed by atoms with E-state index in [1.54, 1.807) is 11.3 Å². The molecule has 31 heavy (non-hydrogen) atoms. The number of rotatable bonds is 8. The molecule has 1 aliphatic rings. The first kappa shape index (κ1) is 21.5. The lowest BCUT2D eigenvalue weighted by molar-refractivity contribution is -0.115. The monoisotopic (exact) mass is 435 g/mol. The first-order valence-corrected chi connectivity index (χ1v) is 11.8. The van der Waals surface area contributed by atoms with Crippen molar-refractivity contribution in [3.63, 3.8) is 0 Å². The Morgan fingerprint density at radius 2 is 1.97 bits per heavy atom. The highest BCUT2D eigenvalue weighted by Crippen LogP contribution is 2.34. The number of benzene rings is 2. The third-order valence-electron chi connectivity index (χ3n) is 5.55. The van der Waals surface area contributed by atoms with Gasteiger partial charge in [-0.15, -0.1) is 11.3 Å². The van der Waals surface area contributed by atoms with Crippen LogP contribution >= 0.6 is 11.3 Å². The predicted octanol–water partition coefficient (Wildman–Crippen LogP) is 5.37. The van der Waals surface area contributed by atoms with Crippen molar-refractivity contribution >= 4 is 22.9 Å². The molecular weight excluding hydrogens is 406 g/mol. The number of nitrogens with zero attached hydrogens (tertiary/aromatic N) is 2. The Bertz CT molecular complexity index is 998. The molecule has 0 aliphatic carbocycles. The average Bonchev–Trinajstić information content (AvgIpc) is 3.40. The minimum atomic E-state index is -0.0295. The third-order valence-corrected chi connectivity index (χ3v) is 6.45.